The van der Waals surface area contributed by atoms with Crippen LogP contribution in [0.1, 0.15) is 29.7 Å². The van der Waals surface area contributed by atoms with Gasteiger partial charge in [0.1, 0.15) is 11.9 Å². The topological polar surface area (TPSA) is 95.6 Å². The van der Waals surface area contributed by atoms with Crippen LogP contribution in [-0.2, 0) is 17.8 Å². The fourth-order valence-electron chi connectivity index (χ4n) is 3.65. The number of hydrogen-bond acceptors (Lipinski definition) is 5. The molecule has 4 aromatic rings. The largest absolute Gasteiger partial charge is 0.309 e. The van der Waals surface area contributed by atoms with Gasteiger partial charge in [0.25, 0.3) is 0 Å². The Hall–Kier alpha value is -4.28. The molecule has 0 fully saturated rings. The van der Waals surface area contributed by atoms with Crippen molar-refractivity contribution in [1.82, 2.24) is 20.1 Å². The highest BCUT2D eigenvalue weighted by Gasteiger charge is 2.20. The Morgan fingerprint density at radius 2 is 1.85 bits per heavy atom. The standard InChI is InChI=1S/C27H26N6O/c1-2-33-19-23(18-30-33)24-9-6-10-25(31-24)32-27(34)26(22-7-4-3-5-8-22)29-16-15-20-11-13-21(17-28)14-12-20/h3-14,18-19,26,29H,2,15-16H2,1H3,(H,31,32,34)/t26-/m0/s1. The maximum absolute atomic E-state index is 13.3. The molecule has 2 aromatic carbocycles. The van der Waals surface area contributed by atoms with Gasteiger partial charge in [-0.1, -0.05) is 48.5 Å². The Kier molecular flexibility index (Phi) is 7.43. The van der Waals surface area contributed by atoms with E-state index in [4.69, 9.17) is 5.26 Å². The summed E-state index contributed by atoms with van der Waals surface area (Å²) >= 11 is 0. The van der Waals surface area contributed by atoms with Gasteiger partial charge >= 0.3 is 0 Å². The van der Waals surface area contributed by atoms with Crippen molar-refractivity contribution in [2.75, 3.05) is 11.9 Å². The lowest BCUT2D eigenvalue weighted by atomic mass is 10.1. The van der Waals surface area contributed by atoms with Gasteiger partial charge in [-0.3, -0.25) is 9.48 Å². The molecule has 4 rings (SSSR count). The van der Waals surface area contributed by atoms with E-state index in [2.05, 4.69) is 26.8 Å². The number of carbonyl (C=O) groups excluding carboxylic acids is 1. The van der Waals surface area contributed by atoms with Gasteiger partial charge in [0, 0.05) is 24.8 Å². The summed E-state index contributed by atoms with van der Waals surface area (Å²) in [7, 11) is 0. The molecule has 0 bridgehead atoms. The van der Waals surface area contributed by atoms with Gasteiger partial charge in [-0.15, -0.1) is 0 Å². The van der Waals surface area contributed by atoms with E-state index in [0.29, 0.717) is 17.9 Å². The molecular formula is C27H26N6O. The maximum Gasteiger partial charge on any atom is 0.247 e. The zero-order chi connectivity index (χ0) is 23.8. The highest BCUT2D eigenvalue weighted by Crippen LogP contribution is 2.20. The fourth-order valence-corrected chi connectivity index (χ4v) is 3.65. The molecule has 7 nitrogen and oxygen atoms in total. The lowest BCUT2D eigenvalue weighted by molar-refractivity contribution is -0.118. The van der Waals surface area contributed by atoms with Crippen LogP contribution in [0.5, 0.6) is 0 Å². The van der Waals surface area contributed by atoms with Gasteiger partial charge in [-0.2, -0.15) is 10.4 Å². The number of aryl methyl sites for hydroxylation is 1. The second kappa shape index (κ2) is 11.0. The second-order valence-corrected chi connectivity index (χ2v) is 7.84. The molecule has 1 amide bonds. The van der Waals surface area contributed by atoms with E-state index in [1.807, 2.05) is 72.4 Å². The molecule has 0 saturated carbocycles. The van der Waals surface area contributed by atoms with Gasteiger partial charge in [-0.25, -0.2) is 4.98 Å². The molecule has 2 N–H and O–H groups in total. The third-order valence-electron chi connectivity index (χ3n) is 5.49. The molecule has 0 aliphatic rings. The van der Waals surface area contributed by atoms with E-state index >= 15 is 0 Å². The minimum absolute atomic E-state index is 0.181. The highest BCUT2D eigenvalue weighted by atomic mass is 16.2. The van der Waals surface area contributed by atoms with Crippen molar-refractivity contribution < 1.29 is 4.79 Å². The Morgan fingerprint density at radius 3 is 2.56 bits per heavy atom. The minimum Gasteiger partial charge on any atom is -0.309 e. The average molecular weight is 451 g/mol. The molecule has 170 valence electrons. The van der Waals surface area contributed by atoms with Gasteiger partial charge in [0.05, 0.1) is 23.5 Å². The molecule has 7 heteroatoms. The molecule has 1 atom stereocenters. The van der Waals surface area contributed by atoms with Gasteiger partial charge in [0.15, 0.2) is 0 Å². The van der Waals surface area contributed by atoms with E-state index in [-0.39, 0.29) is 5.91 Å². The van der Waals surface area contributed by atoms with Crippen LogP contribution in [0.3, 0.4) is 0 Å². The summed E-state index contributed by atoms with van der Waals surface area (Å²) in [6.07, 6.45) is 4.44. The van der Waals surface area contributed by atoms with Crippen LogP contribution in [0.15, 0.2) is 85.2 Å². The van der Waals surface area contributed by atoms with Crippen molar-refractivity contribution >= 4 is 11.7 Å². The first-order valence-corrected chi connectivity index (χ1v) is 11.2. The molecule has 0 unspecified atom stereocenters. The molecule has 2 aromatic heterocycles. The summed E-state index contributed by atoms with van der Waals surface area (Å²) < 4.78 is 1.84. The van der Waals surface area contributed by atoms with Crippen molar-refractivity contribution in [2.45, 2.75) is 25.9 Å². The van der Waals surface area contributed by atoms with Crippen LogP contribution < -0.4 is 10.6 Å². The van der Waals surface area contributed by atoms with Crippen molar-refractivity contribution in [1.29, 1.82) is 5.26 Å². The van der Waals surface area contributed by atoms with E-state index in [0.717, 1.165) is 35.3 Å². The van der Waals surface area contributed by atoms with Crippen LogP contribution in [0.4, 0.5) is 5.82 Å². The number of nitrogens with one attached hydrogen (secondary N) is 2. The Balaban J connectivity index is 1.46. The van der Waals surface area contributed by atoms with Crippen LogP contribution in [-0.4, -0.2) is 27.2 Å². The number of benzene rings is 2. The Labute approximate surface area is 199 Å². The summed E-state index contributed by atoms with van der Waals surface area (Å²) in [5.74, 6) is 0.307. The van der Waals surface area contributed by atoms with E-state index < -0.39 is 6.04 Å². The SMILES string of the molecule is CCn1cc(-c2cccc(NC(=O)[C@@H](NCCc3ccc(C#N)cc3)c3ccccc3)n2)cn1. The molecule has 0 aliphatic carbocycles. The summed E-state index contributed by atoms with van der Waals surface area (Å²) in [4.78, 5) is 17.9. The first kappa shape index (κ1) is 22.9. The second-order valence-electron chi connectivity index (χ2n) is 7.84. The number of amides is 1. The number of anilines is 1. The zero-order valence-electron chi connectivity index (χ0n) is 19.0. The van der Waals surface area contributed by atoms with Crippen molar-refractivity contribution in [3.63, 3.8) is 0 Å². The van der Waals surface area contributed by atoms with Gasteiger partial charge in [-0.05, 0) is 48.7 Å². The molecule has 34 heavy (non-hydrogen) atoms. The number of hydrogen-bond donors (Lipinski definition) is 2. The predicted molar refractivity (Wildman–Crippen MR) is 132 cm³/mol. The third kappa shape index (κ3) is 5.74. The van der Waals surface area contributed by atoms with Crippen LogP contribution in [0, 0.1) is 11.3 Å². The number of aromatic nitrogens is 3. The Morgan fingerprint density at radius 1 is 1.06 bits per heavy atom. The molecule has 0 saturated heterocycles. The van der Waals surface area contributed by atoms with Crippen molar-refractivity contribution in [2.24, 2.45) is 0 Å². The zero-order valence-corrected chi connectivity index (χ0v) is 19.0. The highest BCUT2D eigenvalue weighted by molar-refractivity contribution is 5.95. The third-order valence-corrected chi connectivity index (χ3v) is 5.49. The Bertz CT molecular complexity index is 1270. The fraction of sp³-hybridized carbons (Fsp3) is 0.185. The lowest BCUT2D eigenvalue weighted by Gasteiger charge is -2.19. The number of nitrogens with zero attached hydrogens (tertiary/aromatic N) is 4. The number of carbonyl (C=O) groups is 1. The molecular weight excluding hydrogens is 424 g/mol. The summed E-state index contributed by atoms with van der Waals surface area (Å²) in [6, 6.07) is 24.3. The smallest absolute Gasteiger partial charge is 0.247 e. The van der Waals surface area contributed by atoms with Crippen LogP contribution in [0.25, 0.3) is 11.3 Å². The average Bonchev–Trinajstić information content (AvgIpc) is 3.37. The van der Waals surface area contributed by atoms with Crippen molar-refractivity contribution in [3.8, 4) is 17.3 Å². The van der Waals surface area contributed by atoms with Crippen LogP contribution in [0.2, 0.25) is 0 Å². The molecule has 0 radical (unpaired) electrons. The molecule has 0 spiro atoms. The quantitative estimate of drug-likeness (QED) is 0.395. The van der Waals surface area contributed by atoms with E-state index in [9.17, 15) is 4.79 Å². The lowest BCUT2D eigenvalue weighted by Crippen LogP contribution is -2.34. The number of pyridine rings is 1. The van der Waals surface area contributed by atoms with E-state index in [1.54, 1.807) is 24.4 Å². The summed E-state index contributed by atoms with van der Waals surface area (Å²) in [5.41, 5.74) is 4.26. The normalized spacial score (nSPS) is 11.5. The van der Waals surface area contributed by atoms with Gasteiger partial charge in [0.2, 0.25) is 5.91 Å². The molecule has 2 heterocycles. The first-order chi connectivity index (χ1) is 16.7. The molecule has 0 aliphatic heterocycles. The summed E-state index contributed by atoms with van der Waals surface area (Å²) in [6.45, 7) is 3.41. The minimum atomic E-state index is -0.534. The van der Waals surface area contributed by atoms with Crippen LogP contribution >= 0.6 is 0 Å². The monoisotopic (exact) mass is 450 g/mol. The predicted octanol–water partition coefficient (Wildman–Crippen LogP) is 4.35. The number of rotatable bonds is 9. The first-order valence-electron chi connectivity index (χ1n) is 11.2. The number of nitriles is 1. The summed E-state index contributed by atoms with van der Waals surface area (Å²) in [5, 5.41) is 19.6. The van der Waals surface area contributed by atoms with Gasteiger partial charge < -0.3 is 10.6 Å². The maximum atomic E-state index is 13.3. The van der Waals surface area contributed by atoms with E-state index in [1.165, 1.54) is 0 Å². The van der Waals surface area contributed by atoms with Crippen molar-refractivity contribution in [3.05, 3.63) is 102 Å².